The van der Waals surface area contributed by atoms with Gasteiger partial charge in [0.25, 0.3) is 0 Å². The van der Waals surface area contributed by atoms with E-state index >= 15 is 0 Å². The Morgan fingerprint density at radius 2 is 2.25 bits per heavy atom. The van der Waals surface area contributed by atoms with Crippen LogP contribution in [0.2, 0.25) is 0 Å². The van der Waals surface area contributed by atoms with E-state index in [1.165, 1.54) is 12.8 Å². The predicted molar refractivity (Wildman–Crippen MR) is 71.0 cm³/mol. The summed E-state index contributed by atoms with van der Waals surface area (Å²) >= 11 is 0. The maximum absolute atomic E-state index is 11.8. The Hall–Kier alpha value is -1.63. The Morgan fingerprint density at radius 3 is 3.10 bits per heavy atom. The minimum absolute atomic E-state index is 0.0729. The van der Waals surface area contributed by atoms with E-state index in [0.29, 0.717) is 31.0 Å². The van der Waals surface area contributed by atoms with Gasteiger partial charge in [-0.2, -0.15) is 0 Å². The fourth-order valence-corrected chi connectivity index (χ4v) is 3.14. The normalized spacial score (nSPS) is 29.4. The first kappa shape index (κ1) is 12.1. The molecule has 1 aliphatic carbocycles. The van der Waals surface area contributed by atoms with Gasteiger partial charge in [0.1, 0.15) is 0 Å². The van der Waals surface area contributed by atoms with Crippen molar-refractivity contribution in [2.45, 2.75) is 44.3 Å². The minimum atomic E-state index is 0.0729. The highest BCUT2D eigenvalue weighted by molar-refractivity contribution is 5.82. The molecule has 3 aliphatic rings. The van der Waals surface area contributed by atoms with Crippen LogP contribution in [0.25, 0.3) is 0 Å². The quantitative estimate of drug-likeness (QED) is 0.808. The van der Waals surface area contributed by atoms with Crippen LogP contribution in [0.3, 0.4) is 0 Å². The van der Waals surface area contributed by atoms with E-state index in [1.54, 1.807) is 0 Å². The van der Waals surface area contributed by atoms with Crippen LogP contribution in [0.1, 0.15) is 31.6 Å². The molecule has 1 aromatic heterocycles. The van der Waals surface area contributed by atoms with Crippen molar-refractivity contribution in [1.82, 2.24) is 20.8 Å². The van der Waals surface area contributed by atoms with Gasteiger partial charge in [-0.3, -0.25) is 4.79 Å². The first-order valence-corrected chi connectivity index (χ1v) is 7.41. The molecule has 1 saturated carbocycles. The van der Waals surface area contributed by atoms with Crippen molar-refractivity contribution in [1.29, 1.82) is 0 Å². The molecule has 2 N–H and O–H groups in total. The summed E-state index contributed by atoms with van der Waals surface area (Å²) in [4.78, 5) is 13.9. The van der Waals surface area contributed by atoms with Crippen LogP contribution in [0, 0.1) is 5.92 Å². The lowest BCUT2D eigenvalue weighted by Gasteiger charge is -2.34. The van der Waals surface area contributed by atoms with Gasteiger partial charge in [-0.25, -0.2) is 0 Å². The number of anilines is 1. The lowest BCUT2D eigenvalue weighted by atomic mass is 9.92. The molecule has 0 bridgehead atoms. The first-order valence-electron chi connectivity index (χ1n) is 7.41. The molecular weight excluding hydrogens is 258 g/mol. The number of aromatic nitrogens is 2. The molecule has 4 rings (SSSR count). The van der Waals surface area contributed by atoms with Gasteiger partial charge in [-0.15, -0.1) is 5.10 Å². The van der Waals surface area contributed by atoms with Crippen molar-refractivity contribution < 1.29 is 9.21 Å². The van der Waals surface area contributed by atoms with Gasteiger partial charge in [0, 0.05) is 19.1 Å². The highest BCUT2D eigenvalue weighted by atomic mass is 16.4. The lowest BCUT2D eigenvalue weighted by molar-refractivity contribution is -0.123. The average Bonchev–Trinajstić information content (AvgIpc) is 3.05. The summed E-state index contributed by atoms with van der Waals surface area (Å²) in [5, 5.41) is 14.5. The smallest absolute Gasteiger partial charge is 0.318 e. The van der Waals surface area contributed by atoms with Crippen molar-refractivity contribution in [2.24, 2.45) is 5.92 Å². The van der Waals surface area contributed by atoms with Gasteiger partial charge in [0.2, 0.25) is 11.8 Å². The molecule has 0 radical (unpaired) electrons. The summed E-state index contributed by atoms with van der Waals surface area (Å²) in [5.41, 5.74) is 0. The van der Waals surface area contributed by atoms with Crippen LogP contribution in [-0.4, -0.2) is 41.3 Å². The summed E-state index contributed by atoms with van der Waals surface area (Å²) in [6.07, 6.45) is 4.43. The molecule has 1 amide bonds. The molecule has 7 heteroatoms. The first-order chi connectivity index (χ1) is 9.81. The molecule has 2 saturated heterocycles. The number of hydrogen-bond donors (Lipinski definition) is 2. The number of fused-ring (bicyclic) bond motifs is 1. The Morgan fingerprint density at radius 1 is 1.35 bits per heavy atom. The van der Waals surface area contributed by atoms with Crippen LogP contribution in [0.5, 0.6) is 0 Å². The van der Waals surface area contributed by atoms with E-state index in [0.717, 1.165) is 19.4 Å². The molecule has 1 aromatic rings. The summed E-state index contributed by atoms with van der Waals surface area (Å²) < 4.78 is 5.75. The van der Waals surface area contributed by atoms with Gasteiger partial charge < -0.3 is 20.0 Å². The number of carbonyl (C=O) groups is 1. The van der Waals surface area contributed by atoms with E-state index in [4.69, 9.17) is 4.42 Å². The molecule has 7 nitrogen and oxygen atoms in total. The van der Waals surface area contributed by atoms with Crippen molar-refractivity contribution in [3.63, 3.8) is 0 Å². The van der Waals surface area contributed by atoms with Gasteiger partial charge >= 0.3 is 6.01 Å². The fraction of sp³-hybridized carbons (Fsp3) is 0.769. The predicted octanol–water partition coefficient (Wildman–Crippen LogP) is 0.0364. The topological polar surface area (TPSA) is 83.3 Å². The number of carbonyl (C=O) groups excluding carboxylic acids is 1. The summed E-state index contributed by atoms with van der Waals surface area (Å²) in [6.45, 7) is 2.20. The Balaban J connectivity index is 1.47. The van der Waals surface area contributed by atoms with Gasteiger partial charge in [-0.1, -0.05) is 5.10 Å². The molecule has 2 atom stereocenters. The summed E-state index contributed by atoms with van der Waals surface area (Å²) in [6, 6.07) is 1.35. The van der Waals surface area contributed by atoms with Crippen LogP contribution in [0.4, 0.5) is 6.01 Å². The van der Waals surface area contributed by atoms with E-state index in [9.17, 15) is 4.79 Å². The monoisotopic (exact) mass is 277 g/mol. The Labute approximate surface area is 117 Å². The summed E-state index contributed by atoms with van der Waals surface area (Å²) in [5.74, 6) is 0.866. The average molecular weight is 277 g/mol. The number of amides is 1. The number of nitrogens with zero attached hydrogens (tertiary/aromatic N) is 3. The van der Waals surface area contributed by atoms with Crippen molar-refractivity contribution >= 4 is 11.9 Å². The number of hydrogen-bond acceptors (Lipinski definition) is 6. The highest BCUT2D eigenvalue weighted by Crippen LogP contribution is 2.30. The summed E-state index contributed by atoms with van der Waals surface area (Å²) in [7, 11) is 0. The highest BCUT2D eigenvalue weighted by Gasteiger charge is 2.42. The molecule has 3 heterocycles. The fourth-order valence-electron chi connectivity index (χ4n) is 3.14. The zero-order valence-corrected chi connectivity index (χ0v) is 11.3. The van der Waals surface area contributed by atoms with E-state index < -0.39 is 0 Å². The Bertz CT molecular complexity index is 513. The third-order valence-corrected chi connectivity index (χ3v) is 4.42. The van der Waals surface area contributed by atoms with Crippen LogP contribution < -0.4 is 15.5 Å². The second kappa shape index (κ2) is 4.73. The van der Waals surface area contributed by atoms with Crippen LogP contribution >= 0.6 is 0 Å². The van der Waals surface area contributed by atoms with Gasteiger partial charge in [-0.05, 0) is 25.7 Å². The molecule has 3 fully saturated rings. The zero-order valence-electron chi connectivity index (χ0n) is 11.3. The molecule has 2 aliphatic heterocycles. The molecule has 20 heavy (non-hydrogen) atoms. The minimum Gasteiger partial charge on any atom is -0.407 e. The molecular formula is C13H19N5O2. The lowest BCUT2D eigenvalue weighted by Crippen LogP contribution is -2.45. The third-order valence-electron chi connectivity index (χ3n) is 4.42. The van der Waals surface area contributed by atoms with Gasteiger partial charge in [0.15, 0.2) is 0 Å². The van der Waals surface area contributed by atoms with Gasteiger partial charge in [0.05, 0.1) is 18.5 Å². The number of rotatable bonds is 4. The SMILES string of the molecule is O=C1NCC2C1CCCN2c1nnc(CNC2CC2)o1. The van der Waals surface area contributed by atoms with E-state index in [2.05, 4.69) is 25.7 Å². The second-order valence-electron chi connectivity index (χ2n) is 5.89. The largest absolute Gasteiger partial charge is 0.407 e. The molecule has 2 unspecified atom stereocenters. The van der Waals surface area contributed by atoms with E-state index in [-0.39, 0.29) is 17.9 Å². The maximum Gasteiger partial charge on any atom is 0.318 e. The molecule has 0 spiro atoms. The molecule has 0 aromatic carbocycles. The maximum atomic E-state index is 11.8. The van der Waals surface area contributed by atoms with Crippen LogP contribution in [-0.2, 0) is 11.3 Å². The molecule has 108 valence electrons. The van der Waals surface area contributed by atoms with Crippen molar-refractivity contribution in [3.8, 4) is 0 Å². The number of piperidine rings is 1. The number of nitrogens with one attached hydrogen (secondary N) is 2. The standard InChI is InChI=1S/C13H19N5O2/c19-12-9-2-1-5-18(10(9)6-15-12)13-17-16-11(20-13)7-14-8-3-4-8/h8-10,14H,1-7H2,(H,15,19). The third kappa shape index (κ3) is 2.15. The zero-order chi connectivity index (χ0) is 13.5. The second-order valence-corrected chi connectivity index (χ2v) is 5.89. The van der Waals surface area contributed by atoms with E-state index in [1.807, 2.05) is 0 Å². The van der Waals surface area contributed by atoms with Crippen molar-refractivity contribution in [3.05, 3.63) is 5.89 Å². The Kier molecular flexibility index (Phi) is 2.87. The van der Waals surface area contributed by atoms with Crippen molar-refractivity contribution in [2.75, 3.05) is 18.0 Å². The van der Waals surface area contributed by atoms with Crippen LogP contribution in [0.15, 0.2) is 4.42 Å².